The number of thiophene rings is 1. The predicted octanol–water partition coefficient (Wildman–Crippen LogP) is 4.79. The fraction of sp³-hybridized carbons (Fsp3) is 0.364. The zero-order valence-electron chi connectivity index (χ0n) is 16.1. The number of benzene rings is 1. The molecule has 3 aromatic rings. The summed E-state index contributed by atoms with van der Waals surface area (Å²) in [5.74, 6) is 0.493. The number of carboxylic acids is 1. The highest BCUT2D eigenvalue weighted by Gasteiger charge is 2.32. The molecule has 4 rings (SSSR count). The summed E-state index contributed by atoms with van der Waals surface area (Å²) in [6, 6.07) is 12.6. The average Bonchev–Trinajstić information content (AvgIpc) is 3.27. The molecule has 1 aromatic carbocycles. The van der Waals surface area contributed by atoms with Gasteiger partial charge < -0.3 is 9.63 Å². The molecule has 1 aliphatic heterocycles. The van der Waals surface area contributed by atoms with Crippen LogP contribution in [0, 0.1) is 11.8 Å². The van der Waals surface area contributed by atoms with Crippen molar-refractivity contribution in [2.45, 2.75) is 26.8 Å². The lowest BCUT2D eigenvalue weighted by Crippen LogP contribution is -2.49. The first-order valence-corrected chi connectivity index (χ1v) is 10.4. The SMILES string of the molecule is CC(C)Cc1ccc(-c2cc(-c3csc(CN4CC(C(=O)O)C4)c3)no2)cc1. The second-order valence-electron chi connectivity index (χ2n) is 7.90. The zero-order chi connectivity index (χ0) is 19.7. The standard InChI is InChI=1S/C22H24N2O3S/c1-14(2)7-15-3-5-16(6-4-15)21-9-20(23-27-21)17-8-19(28-13-17)12-24-10-18(11-24)22(25)26/h3-6,8-9,13-14,18H,7,10-12H2,1-2H3,(H,25,26). The Labute approximate surface area is 168 Å². The summed E-state index contributed by atoms with van der Waals surface area (Å²) in [7, 11) is 0. The van der Waals surface area contributed by atoms with E-state index in [-0.39, 0.29) is 5.92 Å². The minimum Gasteiger partial charge on any atom is -0.481 e. The van der Waals surface area contributed by atoms with Gasteiger partial charge in [0.1, 0.15) is 5.69 Å². The van der Waals surface area contributed by atoms with Crippen LogP contribution >= 0.6 is 11.3 Å². The van der Waals surface area contributed by atoms with Gasteiger partial charge in [-0.15, -0.1) is 11.3 Å². The van der Waals surface area contributed by atoms with Crippen LogP contribution in [0.2, 0.25) is 0 Å². The number of hydrogen-bond acceptors (Lipinski definition) is 5. The summed E-state index contributed by atoms with van der Waals surface area (Å²) in [6.45, 7) is 6.49. The Morgan fingerprint density at radius 2 is 2.00 bits per heavy atom. The summed E-state index contributed by atoms with van der Waals surface area (Å²) in [5, 5.41) is 15.3. The van der Waals surface area contributed by atoms with Crippen LogP contribution in [-0.4, -0.2) is 34.2 Å². The third-order valence-corrected chi connectivity index (χ3v) is 5.95. The van der Waals surface area contributed by atoms with Crippen LogP contribution in [0.1, 0.15) is 24.3 Å². The van der Waals surface area contributed by atoms with Gasteiger partial charge in [0.25, 0.3) is 0 Å². The first-order valence-electron chi connectivity index (χ1n) is 9.57. The number of likely N-dealkylation sites (tertiary alicyclic amines) is 1. The highest BCUT2D eigenvalue weighted by atomic mass is 32.1. The monoisotopic (exact) mass is 396 g/mol. The number of carboxylic acid groups (broad SMARTS) is 1. The number of aliphatic carboxylic acids is 1. The van der Waals surface area contributed by atoms with Gasteiger partial charge in [-0.3, -0.25) is 9.69 Å². The van der Waals surface area contributed by atoms with Gasteiger partial charge in [0, 0.05) is 47.1 Å². The van der Waals surface area contributed by atoms with Crippen LogP contribution < -0.4 is 0 Å². The second-order valence-corrected chi connectivity index (χ2v) is 8.90. The van der Waals surface area contributed by atoms with Crippen molar-refractivity contribution in [2.75, 3.05) is 13.1 Å². The fourth-order valence-corrected chi connectivity index (χ4v) is 4.42. The van der Waals surface area contributed by atoms with Gasteiger partial charge in [-0.2, -0.15) is 0 Å². The van der Waals surface area contributed by atoms with Crippen molar-refractivity contribution < 1.29 is 14.4 Å². The van der Waals surface area contributed by atoms with Crippen LogP contribution in [0.15, 0.2) is 46.3 Å². The molecule has 0 spiro atoms. The van der Waals surface area contributed by atoms with Gasteiger partial charge in [0.15, 0.2) is 5.76 Å². The summed E-state index contributed by atoms with van der Waals surface area (Å²) in [4.78, 5) is 14.3. The first-order chi connectivity index (χ1) is 13.5. The summed E-state index contributed by atoms with van der Waals surface area (Å²) in [5.41, 5.74) is 4.23. The summed E-state index contributed by atoms with van der Waals surface area (Å²) < 4.78 is 5.57. The molecular weight excluding hydrogens is 372 g/mol. The van der Waals surface area contributed by atoms with E-state index in [0.717, 1.165) is 35.5 Å². The Morgan fingerprint density at radius 3 is 2.68 bits per heavy atom. The fourth-order valence-electron chi connectivity index (χ4n) is 3.50. The molecule has 0 unspecified atom stereocenters. The normalized spacial score (nSPS) is 15.1. The van der Waals surface area contributed by atoms with Crippen molar-refractivity contribution in [3.8, 4) is 22.6 Å². The minimum absolute atomic E-state index is 0.218. The third-order valence-electron chi connectivity index (χ3n) is 5.03. The van der Waals surface area contributed by atoms with Gasteiger partial charge in [0.05, 0.1) is 5.92 Å². The highest BCUT2D eigenvalue weighted by Crippen LogP contribution is 2.31. The minimum atomic E-state index is -0.699. The van der Waals surface area contributed by atoms with Crippen molar-refractivity contribution in [3.05, 3.63) is 52.2 Å². The molecule has 1 saturated heterocycles. The van der Waals surface area contributed by atoms with Crippen molar-refractivity contribution in [1.29, 1.82) is 0 Å². The average molecular weight is 397 g/mol. The van der Waals surface area contributed by atoms with Crippen molar-refractivity contribution in [1.82, 2.24) is 10.1 Å². The number of hydrogen-bond donors (Lipinski definition) is 1. The Balaban J connectivity index is 1.41. The Bertz CT molecular complexity index is 952. The quantitative estimate of drug-likeness (QED) is 0.622. The van der Waals surface area contributed by atoms with Crippen LogP contribution in [0.25, 0.3) is 22.6 Å². The largest absolute Gasteiger partial charge is 0.481 e. The van der Waals surface area contributed by atoms with Crippen molar-refractivity contribution >= 4 is 17.3 Å². The van der Waals surface area contributed by atoms with E-state index in [0.29, 0.717) is 19.0 Å². The van der Waals surface area contributed by atoms with Gasteiger partial charge >= 0.3 is 5.97 Å². The van der Waals surface area contributed by atoms with E-state index >= 15 is 0 Å². The van der Waals surface area contributed by atoms with Crippen LogP contribution in [0.5, 0.6) is 0 Å². The molecule has 3 heterocycles. The molecule has 2 aromatic heterocycles. The molecule has 0 aliphatic carbocycles. The molecule has 0 saturated carbocycles. The number of carbonyl (C=O) groups is 1. The molecule has 0 atom stereocenters. The molecule has 1 N–H and O–H groups in total. The van der Waals surface area contributed by atoms with Gasteiger partial charge in [-0.25, -0.2) is 0 Å². The lowest BCUT2D eigenvalue weighted by Gasteiger charge is -2.36. The van der Waals surface area contributed by atoms with E-state index in [9.17, 15) is 4.79 Å². The first kappa shape index (κ1) is 18.9. The molecule has 28 heavy (non-hydrogen) atoms. The Morgan fingerprint density at radius 1 is 1.25 bits per heavy atom. The second kappa shape index (κ2) is 7.89. The highest BCUT2D eigenvalue weighted by molar-refractivity contribution is 7.10. The predicted molar refractivity (Wildman–Crippen MR) is 110 cm³/mol. The number of aromatic nitrogens is 1. The molecule has 146 valence electrons. The van der Waals surface area contributed by atoms with Gasteiger partial charge in [-0.05, 0) is 24.0 Å². The molecule has 1 aliphatic rings. The molecular formula is C22H24N2O3S. The van der Waals surface area contributed by atoms with E-state index < -0.39 is 5.97 Å². The van der Waals surface area contributed by atoms with Crippen LogP contribution in [-0.2, 0) is 17.8 Å². The van der Waals surface area contributed by atoms with E-state index in [1.54, 1.807) is 11.3 Å². The van der Waals surface area contributed by atoms with E-state index in [1.807, 2.05) is 6.07 Å². The lowest BCUT2D eigenvalue weighted by atomic mass is 10.0. The molecule has 0 bridgehead atoms. The number of nitrogens with zero attached hydrogens (tertiary/aromatic N) is 2. The maximum absolute atomic E-state index is 10.9. The molecule has 0 amide bonds. The van der Waals surface area contributed by atoms with Crippen molar-refractivity contribution in [3.63, 3.8) is 0 Å². The van der Waals surface area contributed by atoms with Gasteiger partial charge in [0.2, 0.25) is 0 Å². The molecule has 5 nitrogen and oxygen atoms in total. The molecule has 1 fully saturated rings. The Hall–Kier alpha value is -2.44. The smallest absolute Gasteiger partial charge is 0.309 e. The maximum atomic E-state index is 10.9. The van der Waals surface area contributed by atoms with E-state index in [1.165, 1.54) is 10.4 Å². The van der Waals surface area contributed by atoms with E-state index in [4.69, 9.17) is 9.63 Å². The van der Waals surface area contributed by atoms with Crippen molar-refractivity contribution in [2.24, 2.45) is 11.8 Å². The zero-order valence-corrected chi connectivity index (χ0v) is 16.9. The summed E-state index contributed by atoms with van der Waals surface area (Å²) >= 11 is 1.67. The summed E-state index contributed by atoms with van der Waals surface area (Å²) in [6.07, 6.45) is 1.07. The van der Waals surface area contributed by atoms with Gasteiger partial charge in [-0.1, -0.05) is 43.3 Å². The lowest BCUT2D eigenvalue weighted by molar-refractivity contribution is -0.147. The van der Waals surface area contributed by atoms with Crippen LogP contribution in [0.4, 0.5) is 0 Å². The van der Waals surface area contributed by atoms with Crippen LogP contribution in [0.3, 0.4) is 0 Å². The van der Waals surface area contributed by atoms with E-state index in [2.05, 4.69) is 59.6 Å². The topological polar surface area (TPSA) is 66.6 Å². The maximum Gasteiger partial charge on any atom is 0.309 e. The molecule has 0 radical (unpaired) electrons. The number of rotatable bonds is 7. The third kappa shape index (κ3) is 4.18. The molecule has 6 heteroatoms. The Kier molecular flexibility index (Phi) is 5.33.